The summed E-state index contributed by atoms with van der Waals surface area (Å²) in [5.41, 5.74) is 0.593. The largest absolute Gasteiger partial charge is 0.416 e. The second-order valence-corrected chi connectivity index (χ2v) is 6.91. The van der Waals surface area contributed by atoms with E-state index in [9.17, 15) is 22.8 Å². The van der Waals surface area contributed by atoms with E-state index < -0.39 is 17.6 Å². The molecular formula is C20H16F3N3O2S. The van der Waals surface area contributed by atoms with Crippen molar-refractivity contribution in [1.82, 2.24) is 4.98 Å². The molecule has 0 aliphatic carbocycles. The lowest BCUT2D eigenvalue weighted by Gasteiger charge is -2.08. The lowest BCUT2D eigenvalue weighted by atomic mass is 10.1. The second kappa shape index (κ2) is 8.44. The van der Waals surface area contributed by atoms with Crippen LogP contribution in [0.15, 0.2) is 53.9 Å². The first kappa shape index (κ1) is 20.5. The summed E-state index contributed by atoms with van der Waals surface area (Å²) in [5.74, 6) is -0.655. The molecule has 9 heteroatoms. The van der Waals surface area contributed by atoms with Crippen molar-refractivity contribution in [3.05, 3.63) is 65.2 Å². The van der Waals surface area contributed by atoms with Crippen LogP contribution >= 0.6 is 11.3 Å². The van der Waals surface area contributed by atoms with Crippen LogP contribution in [0.4, 0.5) is 24.5 Å². The van der Waals surface area contributed by atoms with Gasteiger partial charge >= 0.3 is 6.18 Å². The van der Waals surface area contributed by atoms with E-state index in [1.165, 1.54) is 17.5 Å². The maximum atomic E-state index is 12.9. The van der Waals surface area contributed by atoms with Crippen molar-refractivity contribution in [2.45, 2.75) is 19.5 Å². The molecule has 1 aromatic heterocycles. The van der Waals surface area contributed by atoms with Crippen LogP contribution in [-0.2, 0) is 11.0 Å². The van der Waals surface area contributed by atoms with Crippen LogP contribution < -0.4 is 10.6 Å². The lowest BCUT2D eigenvalue weighted by molar-refractivity contribution is -0.137. The Kier molecular flexibility index (Phi) is 5.97. The van der Waals surface area contributed by atoms with Crippen molar-refractivity contribution in [3.63, 3.8) is 0 Å². The van der Waals surface area contributed by atoms with Gasteiger partial charge in [0.25, 0.3) is 5.91 Å². The number of aromatic nitrogens is 1. The molecule has 2 aromatic carbocycles. The van der Waals surface area contributed by atoms with Gasteiger partial charge in [-0.05, 0) is 30.3 Å². The maximum Gasteiger partial charge on any atom is 0.416 e. The minimum atomic E-state index is -4.45. The fourth-order valence-corrected chi connectivity index (χ4v) is 3.26. The Morgan fingerprint density at radius 1 is 1.03 bits per heavy atom. The molecule has 0 saturated carbocycles. The van der Waals surface area contributed by atoms with Gasteiger partial charge in [-0.1, -0.05) is 25.1 Å². The number of benzene rings is 2. The minimum absolute atomic E-state index is 0.0883. The predicted molar refractivity (Wildman–Crippen MR) is 106 cm³/mol. The molecule has 0 unspecified atom stereocenters. The van der Waals surface area contributed by atoms with Gasteiger partial charge in [0.15, 0.2) is 0 Å². The number of hydrogen-bond donors (Lipinski definition) is 2. The van der Waals surface area contributed by atoms with Crippen molar-refractivity contribution >= 4 is 34.5 Å². The summed E-state index contributed by atoms with van der Waals surface area (Å²) in [5, 5.41) is 7.15. The van der Waals surface area contributed by atoms with Crippen LogP contribution in [0, 0.1) is 0 Å². The number of hydrogen-bond acceptors (Lipinski definition) is 4. The SMILES string of the molecule is CCC(=O)Nc1cccc(NC(=O)c2csc(-c3cccc(C(F)(F)F)c3)n2)c1. The molecule has 0 radical (unpaired) electrons. The highest BCUT2D eigenvalue weighted by Crippen LogP contribution is 2.33. The molecule has 0 spiro atoms. The van der Waals surface area contributed by atoms with Gasteiger partial charge in [-0.25, -0.2) is 4.98 Å². The van der Waals surface area contributed by atoms with E-state index >= 15 is 0 Å². The molecule has 0 bridgehead atoms. The molecule has 2 amide bonds. The highest BCUT2D eigenvalue weighted by atomic mass is 32.1. The number of amides is 2. The highest BCUT2D eigenvalue weighted by molar-refractivity contribution is 7.13. The van der Waals surface area contributed by atoms with Gasteiger partial charge in [-0.2, -0.15) is 13.2 Å². The summed E-state index contributed by atoms with van der Waals surface area (Å²) in [6.07, 6.45) is -4.13. The molecule has 0 atom stereocenters. The molecule has 0 aliphatic rings. The van der Waals surface area contributed by atoms with Crippen LogP contribution in [0.3, 0.4) is 0 Å². The molecule has 150 valence electrons. The van der Waals surface area contributed by atoms with Crippen LogP contribution in [0.2, 0.25) is 0 Å². The van der Waals surface area contributed by atoms with Gasteiger partial charge in [0.2, 0.25) is 5.91 Å². The molecule has 3 rings (SSSR count). The summed E-state index contributed by atoms with van der Waals surface area (Å²) < 4.78 is 38.7. The number of alkyl halides is 3. The van der Waals surface area contributed by atoms with Gasteiger partial charge in [0, 0.05) is 28.7 Å². The molecule has 0 aliphatic heterocycles. The molecule has 5 nitrogen and oxygen atoms in total. The summed E-state index contributed by atoms with van der Waals surface area (Å²) >= 11 is 1.08. The Hall–Kier alpha value is -3.20. The van der Waals surface area contributed by atoms with Crippen molar-refractivity contribution in [1.29, 1.82) is 0 Å². The highest BCUT2D eigenvalue weighted by Gasteiger charge is 2.30. The van der Waals surface area contributed by atoms with Gasteiger partial charge in [-0.3, -0.25) is 9.59 Å². The normalized spacial score (nSPS) is 11.2. The van der Waals surface area contributed by atoms with E-state index in [4.69, 9.17) is 0 Å². The topological polar surface area (TPSA) is 71.1 Å². The number of nitrogens with one attached hydrogen (secondary N) is 2. The van der Waals surface area contributed by atoms with Gasteiger partial charge in [0.1, 0.15) is 10.7 Å². The van der Waals surface area contributed by atoms with Crippen molar-refractivity contribution in [2.75, 3.05) is 10.6 Å². The molecular weight excluding hydrogens is 403 g/mol. The average molecular weight is 419 g/mol. The first-order chi connectivity index (χ1) is 13.8. The summed E-state index contributed by atoms with van der Waals surface area (Å²) in [6, 6.07) is 11.4. The zero-order valence-electron chi connectivity index (χ0n) is 15.2. The van der Waals surface area contributed by atoms with Crippen LogP contribution in [0.1, 0.15) is 29.4 Å². The number of rotatable bonds is 5. The third-order valence-corrected chi connectivity index (χ3v) is 4.79. The molecule has 0 saturated heterocycles. The molecule has 0 fully saturated rings. The zero-order valence-corrected chi connectivity index (χ0v) is 16.0. The fraction of sp³-hybridized carbons (Fsp3) is 0.150. The van der Waals surface area contributed by atoms with Crippen molar-refractivity contribution in [2.24, 2.45) is 0 Å². The summed E-state index contributed by atoms with van der Waals surface area (Å²) in [6.45, 7) is 1.73. The summed E-state index contributed by atoms with van der Waals surface area (Å²) in [4.78, 5) is 28.1. The number of carbonyl (C=O) groups excluding carboxylic acids is 2. The van der Waals surface area contributed by atoms with Gasteiger partial charge < -0.3 is 10.6 Å². The van der Waals surface area contributed by atoms with E-state index in [1.54, 1.807) is 31.2 Å². The van der Waals surface area contributed by atoms with Crippen LogP contribution in [0.25, 0.3) is 10.6 Å². The first-order valence-corrected chi connectivity index (χ1v) is 9.48. The molecule has 2 N–H and O–H groups in total. The van der Waals surface area contributed by atoms with E-state index in [0.717, 1.165) is 23.5 Å². The number of anilines is 2. The van der Waals surface area contributed by atoms with E-state index in [2.05, 4.69) is 15.6 Å². The number of nitrogens with zero attached hydrogens (tertiary/aromatic N) is 1. The monoisotopic (exact) mass is 419 g/mol. The summed E-state index contributed by atoms with van der Waals surface area (Å²) in [7, 11) is 0. The Bertz CT molecular complexity index is 1050. The predicted octanol–water partition coefficient (Wildman–Crippen LogP) is 5.43. The van der Waals surface area contributed by atoms with Crippen molar-refractivity contribution in [3.8, 4) is 10.6 Å². The van der Waals surface area contributed by atoms with E-state index in [0.29, 0.717) is 22.8 Å². The maximum absolute atomic E-state index is 12.9. The van der Waals surface area contributed by atoms with Crippen LogP contribution in [0.5, 0.6) is 0 Å². The third-order valence-electron chi connectivity index (χ3n) is 3.90. The Morgan fingerprint density at radius 3 is 2.41 bits per heavy atom. The number of thiazole rings is 1. The second-order valence-electron chi connectivity index (χ2n) is 6.05. The van der Waals surface area contributed by atoms with Gasteiger partial charge in [-0.15, -0.1) is 11.3 Å². The minimum Gasteiger partial charge on any atom is -0.326 e. The Labute approximate surface area is 168 Å². The molecule has 29 heavy (non-hydrogen) atoms. The standard InChI is InChI=1S/C20H16F3N3O2S/c1-2-17(27)24-14-7-4-8-15(10-14)25-18(28)16-11-29-19(26-16)12-5-3-6-13(9-12)20(21,22)23/h3-11H,2H2,1H3,(H,24,27)(H,25,28). The lowest BCUT2D eigenvalue weighted by Crippen LogP contribution is -2.13. The Morgan fingerprint density at radius 2 is 1.72 bits per heavy atom. The fourth-order valence-electron chi connectivity index (χ4n) is 2.46. The van der Waals surface area contributed by atoms with E-state index in [-0.39, 0.29) is 17.2 Å². The zero-order chi connectivity index (χ0) is 21.0. The van der Waals surface area contributed by atoms with Crippen molar-refractivity contribution < 1.29 is 22.8 Å². The first-order valence-electron chi connectivity index (χ1n) is 8.60. The Balaban J connectivity index is 1.75. The molecule has 1 heterocycles. The number of carbonyl (C=O) groups is 2. The number of halogens is 3. The molecule has 3 aromatic rings. The van der Waals surface area contributed by atoms with E-state index in [1.807, 2.05) is 0 Å². The smallest absolute Gasteiger partial charge is 0.326 e. The van der Waals surface area contributed by atoms with Gasteiger partial charge in [0.05, 0.1) is 5.56 Å². The average Bonchev–Trinajstić information content (AvgIpc) is 3.18. The third kappa shape index (κ3) is 5.20. The quantitative estimate of drug-likeness (QED) is 0.579. The van der Waals surface area contributed by atoms with Crippen LogP contribution in [-0.4, -0.2) is 16.8 Å².